The minimum Gasteiger partial charge on any atom is -0.373 e. The van der Waals surface area contributed by atoms with E-state index in [1.807, 2.05) is 0 Å². The van der Waals surface area contributed by atoms with Crippen molar-refractivity contribution in [3.63, 3.8) is 0 Å². The Hall–Kier alpha value is -1.42. The van der Waals surface area contributed by atoms with Crippen molar-refractivity contribution in [2.45, 2.75) is 44.1 Å². The largest absolute Gasteiger partial charge is 0.373 e. The molecule has 2 aliphatic rings. The molecule has 3 rings (SSSR count). The van der Waals surface area contributed by atoms with E-state index in [-0.39, 0.29) is 29.7 Å². The van der Waals surface area contributed by atoms with E-state index in [4.69, 9.17) is 4.74 Å². The van der Waals surface area contributed by atoms with Crippen molar-refractivity contribution in [3.8, 4) is 0 Å². The lowest BCUT2D eigenvalue weighted by molar-refractivity contribution is -0.384. The summed E-state index contributed by atoms with van der Waals surface area (Å²) in [6, 6.07) is 6.84. The van der Waals surface area contributed by atoms with E-state index >= 15 is 0 Å². The third-order valence-electron chi connectivity index (χ3n) is 4.26. The predicted octanol–water partition coefficient (Wildman–Crippen LogP) is 2.20. The van der Waals surface area contributed by atoms with E-state index in [9.17, 15) is 10.1 Å². The lowest BCUT2D eigenvalue weighted by atomic mass is 9.96. The van der Waals surface area contributed by atoms with E-state index < -0.39 is 4.92 Å². The fraction of sp³-hybridized carbons (Fsp3) is 0.533. The zero-order chi connectivity index (χ0) is 15.5. The molecule has 2 aliphatic heterocycles. The minimum atomic E-state index is -0.396. The quantitative estimate of drug-likeness (QED) is 0.251. The van der Waals surface area contributed by atoms with Crippen molar-refractivity contribution < 1.29 is 9.66 Å². The second-order valence-corrected chi connectivity index (χ2v) is 5.71. The Bertz CT molecular complexity index is 579. The Kier molecular flexibility index (Phi) is 6.17. The molecular weight excluding hydrogens is 411 g/mol. The molecule has 23 heavy (non-hydrogen) atoms. The third-order valence-corrected chi connectivity index (χ3v) is 4.26. The van der Waals surface area contributed by atoms with E-state index in [0.29, 0.717) is 24.8 Å². The first-order valence-corrected chi connectivity index (χ1v) is 7.51. The first kappa shape index (κ1) is 17.9. The average Bonchev–Trinajstić information content (AvgIpc) is 3.14. The fourth-order valence-electron chi connectivity index (χ4n) is 3.08. The number of non-ortho nitro benzene ring substituents is 1. The Morgan fingerprint density at radius 3 is 2.65 bits per heavy atom. The van der Waals surface area contributed by atoms with Gasteiger partial charge in [-0.25, -0.2) is 0 Å². The molecule has 2 N–H and O–H groups in total. The first-order valence-electron chi connectivity index (χ1n) is 7.51. The second kappa shape index (κ2) is 7.91. The highest BCUT2D eigenvalue weighted by Gasteiger charge is 2.41. The first-order chi connectivity index (χ1) is 10.7. The number of aliphatic imine (C=N–C) groups is 1. The summed E-state index contributed by atoms with van der Waals surface area (Å²) in [5, 5.41) is 17.3. The molecule has 7 nitrogen and oxygen atoms in total. The smallest absolute Gasteiger partial charge is 0.269 e. The number of nitrogens with zero attached hydrogens (tertiary/aromatic N) is 2. The fourth-order valence-corrected chi connectivity index (χ4v) is 3.08. The van der Waals surface area contributed by atoms with Crippen LogP contribution in [0.15, 0.2) is 29.3 Å². The van der Waals surface area contributed by atoms with Crippen LogP contribution in [0, 0.1) is 10.1 Å². The van der Waals surface area contributed by atoms with Gasteiger partial charge in [-0.05, 0) is 24.8 Å². The van der Waals surface area contributed by atoms with Gasteiger partial charge in [0, 0.05) is 25.7 Å². The minimum absolute atomic E-state index is 0. The van der Waals surface area contributed by atoms with Gasteiger partial charge in [-0.2, -0.15) is 0 Å². The summed E-state index contributed by atoms with van der Waals surface area (Å²) >= 11 is 0. The lowest BCUT2D eigenvalue weighted by Crippen LogP contribution is -2.47. The molecule has 1 aromatic carbocycles. The summed E-state index contributed by atoms with van der Waals surface area (Å²) < 4.78 is 5.82. The zero-order valence-electron chi connectivity index (χ0n) is 12.9. The number of guanidine groups is 1. The van der Waals surface area contributed by atoms with Crippen LogP contribution in [0.5, 0.6) is 0 Å². The predicted molar refractivity (Wildman–Crippen MR) is 98.1 cm³/mol. The highest BCUT2D eigenvalue weighted by atomic mass is 127. The molecule has 8 heteroatoms. The van der Waals surface area contributed by atoms with Crippen molar-refractivity contribution >= 4 is 35.6 Å². The molecule has 126 valence electrons. The average molecular weight is 432 g/mol. The lowest BCUT2D eigenvalue weighted by Gasteiger charge is -2.22. The molecule has 0 amide bonds. The van der Waals surface area contributed by atoms with Crippen molar-refractivity contribution in [2.75, 3.05) is 7.05 Å². The van der Waals surface area contributed by atoms with Crippen LogP contribution >= 0.6 is 24.0 Å². The van der Waals surface area contributed by atoms with E-state index in [1.54, 1.807) is 19.2 Å². The molecular formula is C15H21IN4O3. The second-order valence-electron chi connectivity index (χ2n) is 5.71. The molecule has 0 aromatic heterocycles. The van der Waals surface area contributed by atoms with Gasteiger partial charge in [-0.1, -0.05) is 12.1 Å². The van der Waals surface area contributed by atoms with Gasteiger partial charge < -0.3 is 15.4 Å². The number of hydrogen-bond acceptors (Lipinski definition) is 4. The van der Waals surface area contributed by atoms with E-state index in [1.165, 1.54) is 12.1 Å². The maximum Gasteiger partial charge on any atom is 0.269 e. The number of nitrogens with one attached hydrogen (secondary N) is 2. The number of nitro groups is 1. The van der Waals surface area contributed by atoms with Crippen LogP contribution in [0.3, 0.4) is 0 Å². The summed E-state index contributed by atoms with van der Waals surface area (Å²) in [5.41, 5.74) is 1.07. The van der Waals surface area contributed by atoms with Gasteiger partial charge in [0.15, 0.2) is 5.96 Å². The molecule has 0 aliphatic carbocycles. The van der Waals surface area contributed by atoms with Gasteiger partial charge in [0.25, 0.3) is 5.69 Å². The Balaban J connectivity index is 0.00000192. The number of fused-ring (bicyclic) bond motifs is 2. The molecule has 2 heterocycles. The normalized spacial score (nSPS) is 25.8. The molecule has 0 radical (unpaired) electrons. The Morgan fingerprint density at radius 2 is 2.13 bits per heavy atom. The van der Waals surface area contributed by atoms with Crippen molar-refractivity contribution in [1.29, 1.82) is 0 Å². The van der Waals surface area contributed by atoms with Gasteiger partial charge in [0.05, 0.1) is 23.2 Å². The van der Waals surface area contributed by atoms with Crippen molar-refractivity contribution in [2.24, 2.45) is 4.99 Å². The van der Waals surface area contributed by atoms with Crippen LogP contribution in [0.1, 0.15) is 24.8 Å². The van der Waals surface area contributed by atoms with Crippen LogP contribution in [0.4, 0.5) is 5.69 Å². The van der Waals surface area contributed by atoms with Gasteiger partial charge in [0.2, 0.25) is 0 Å². The highest BCUT2D eigenvalue weighted by Crippen LogP contribution is 2.34. The summed E-state index contributed by atoms with van der Waals surface area (Å²) in [6.07, 6.45) is 4.00. The van der Waals surface area contributed by atoms with Crippen molar-refractivity contribution in [3.05, 3.63) is 39.9 Å². The molecule has 0 spiro atoms. The number of rotatable bonds is 4. The summed E-state index contributed by atoms with van der Waals surface area (Å²) in [6.45, 7) is 0.569. The van der Waals surface area contributed by atoms with Crippen LogP contribution in [0.25, 0.3) is 0 Å². The number of ether oxygens (including phenoxy) is 1. The summed E-state index contributed by atoms with van der Waals surface area (Å²) in [7, 11) is 1.74. The monoisotopic (exact) mass is 432 g/mol. The number of nitro benzene ring substituents is 1. The van der Waals surface area contributed by atoms with Gasteiger partial charge >= 0.3 is 0 Å². The molecule has 3 unspecified atom stereocenters. The zero-order valence-corrected chi connectivity index (χ0v) is 15.2. The van der Waals surface area contributed by atoms with E-state index in [2.05, 4.69) is 15.6 Å². The third kappa shape index (κ3) is 4.31. The Morgan fingerprint density at radius 1 is 1.39 bits per heavy atom. The van der Waals surface area contributed by atoms with Crippen LogP contribution < -0.4 is 10.6 Å². The van der Waals surface area contributed by atoms with E-state index in [0.717, 1.165) is 30.8 Å². The number of benzene rings is 1. The molecule has 2 bridgehead atoms. The molecule has 1 aromatic rings. The molecule has 3 atom stereocenters. The van der Waals surface area contributed by atoms with Crippen LogP contribution in [-0.4, -0.2) is 36.2 Å². The van der Waals surface area contributed by atoms with Gasteiger partial charge in [-0.3, -0.25) is 15.1 Å². The van der Waals surface area contributed by atoms with Crippen LogP contribution in [0.2, 0.25) is 0 Å². The van der Waals surface area contributed by atoms with Crippen LogP contribution in [-0.2, 0) is 11.3 Å². The summed E-state index contributed by atoms with van der Waals surface area (Å²) in [5.74, 6) is 0.736. The van der Waals surface area contributed by atoms with Gasteiger partial charge in [0.1, 0.15) is 0 Å². The number of hydrogen-bond donors (Lipinski definition) is 2. The maximum atomic E-state index is 10.6. The summed E-state index contributed by atoms with van der Waals surface area (Å²) in [4.78, 5) is 14.5. The Labute approximate surface area is 152 Å². The van der Waals surface area contributed by atoms with Crippen molar-refractivity contribution in [1.82, 2.24) is 10.6 Å². The molecule has 0 saturated carbocycles. The SMILES string of the molecule is CN=C(NCc1ccc([N+](=O)[O-])cc1)NC1CC2CCC1O2.I. The maximum absolute atomic E-state index is 10.6. The van der Waals surface area contributed by atoms with Gasteiger partial charge in [-0.15, -0.1) is 24.0 Å². The topological polar surface area (TPSA) is 88.8 Å². The highest BCUT2D eigenvalue weighted by molar-refractivity contribution is 14.0. The molecule has 2 fully saturated rings. The number of halogens is 1. The molecule has 2 saturated heterocycles. The standard InChI is InChI=1S/C15H20N4O3.HI/c1-16-15(18-13-8-12-6-7-14(13)22-12)17-9-10-2-4-11(5-3-10)19(20)21;/h2-5,12-14H,6-9H2,1H3,(H2,16,17,18);1H.